The molecule has 2 unspecified atom stereocenters. The molecule has 0 N–H and O–H groups in total. The van der Waals surface area contributed by atoms with Crippen molar-refractivity contribution < 1.29 is 4.74 Å². The van der Waals surface area contributed by atoms with E-state index in [1.807, 2.05) is 0 Å². The minimum atomic E-state index is -0.106. The molecule has 1 aliphatic rings. The second-order valence-corrected chi connectivity index (χ2v) is 8.13. The number of benzene rings is 2. The van der Waals surface area contributed by atoms with Gasteiger partial charge in [-0.1, -0.05) is 92.4 Å². The van der Waals surface area contributed by atoms with Gasteiger partial charge >= 0.3 is 0 Å². The molecule has 0 radical (unpaired) electrons. The van der Waals surface area contributed by atoms with Crippen LogP contribution < -0.4 is 0 Å². The third-order valence-corrected chi connectivity index (χ3v) is 5.80. The van der Waals surface area contributed by atoms with Gasteiger partial charge in [0.05, 0.1) is 11.7 Å². The Morgan fingerprint density at radius 3 is 2.19 bits per heavy atom. The summed E-state index contributed by atoms with van der Waals surface area (Å²) in [6.45, 7) is 8.84. The molecule has 2 aromatic rings. The molecule has 1 nitrogen and oxygen atoms in total. The van der Waals surface area contributed by atoms with Crippen LogP contribution in [0.3, 0.4) is 0 Å². The van der Waals surface area contributed by atoms with Crippen LogP contribution in [0.1, 0.15) is 80.7 Å². The molecule has 0 amide bonds. The fourth-order valence-corrected chi connectivity index (χ4v) is 4.32. The van der Waals surface area contributed by atoms with Gasteiger partial charge in [0.1, 0.15) is 0 Å². The Labute approximate surface area is 165 Å². The fourth-order valence-electron chi connectivity index (χ4n) is 4.32. The molecule has 0 bridgehead atoms. The number of rotatable bonds is 7. The summed E-state index contributed by atoms with van der Waals surface area (Å²) in [7, 11) is 0. The third-order valence-electron chi connectivity index (χ3n) is 5.80. The van der Waals surface area contributed by atoms with Crippen molar-refractivity contribution in [1.82, 2.24) is 0 Å². The predicted molar refractivity (Wildman–Crippen MR) is 116 cm³/mol. The molecular weight excluding hydrogens is 328 g/mol. The van der Waals surface area contributed by atoms with Crippen LogP contribution in [-0.4, -0.2) is 5.60 Å². The quantitative estimate of drug-likeness (QED) is 0.493. The summed E-state index contributed by atoms with van der Waals surface area (Å²) >= 11 is 0. The lowest BCUT2D eigenvalue weighted by Crippen LogP contribution is -2.30. The Morgan fingerprint density at radius 1 is 0.963 bits per heavy atom. The first kappa shape index (κ1) is 19.9. The van der Waals surface area contributed by atoms with Crippen molar-refractivity contribution in [3.63, 3.8) is 0 Å². The van der Waals surface area contributed by atoms with Gasteiger partial charge < -0.3 is 4.74 Å². The van der Waals surface area contributed by atoms with Crippen molar-refractivity contribution >= 4 is 6.08 Å². The van der Waals surface area contributed by atoms with E-state index in [9.17, 15) is 0 Å². The van der Waals surface area contributed by atoms with Gasteiger partial charge in [0.15, 0.2) is 0 Å². The van der Waals surface area contributed by atoms with Gasteiger partial charge in [0, 0.05) is 0 Å². The molecule has 27 heavy (non-hydrogen) atoms. The van der Waals surface area contributed by atoms with Gasteiger partial charge in [-0.3, -0.25) is 0 Å². The molecule has 0 aliphatic carbocycles. The van der Waals surface area contributed by atoms with Crippen molar-refractivity contribution in [2.24, 2.45) is 0 Å². The van der Waals surface area contributed by atoms with Gasteiger partial charge in [-0.15, -0.1) is 0 Å². The van der Waals surface area contributed by atoms with Gasteiger partial charge in [-0.25, -0.2) is 0 Å². The first-order valence-electron chi connectivity index (χ1n) is 10.6. The number of hydrogen-bond donors (Lipinski definition) is 0. The minimum absolute atomic E-state index is 0.106. The highest BCUT2D eigenvalue weighted by Crippen LogP contribution is 2.47. The lowest BCUT2D eigenvalue weighted by molar-refractivity contribution is -0.0239. The van der Waals surface area contributed by atoms with E-state index in [0.29, 0.717) is 0 Å². The zero-order valence-corrected chi connectivity index (χ0v) is 17.4. The Morgan fingerprint density at radius 2 is 1.59 bits per heavy atom. The average molecular weight is 363 g/mol. The minimum Gasteiger partial charge on any atom is -0.363 e. The maximum Gasteiger partial charge on any atom is 0.0904 e. The summed E-state index contributed by atoms with van der Waals surface area (Å²) in [6, 6.07) is 17.8. The smallest absolute Gasteiger partial charge is 0.0904 e. The SMILES string of the molecule is CCC/C(=C/c1ccc(C)cc1)C1(CCC)CCC(c2ccc(C)cc2)O1. The van der Waals surface area contributed by atoms with Crippen molar-refractivity contribution in [3.05, 3.63) is 76.4 Å². The maximum absolute atomic E-state index is 6.86. The van der Waals surface area contributed by atoms with Gasteiger partial charge in [-0.05, 0) is 56.2 Å². The molecular formula is C26H34O. The van der Waals surface area contributed by atoms with Crippen molar-refractivity contribution in [2.75, 3.05) is 0 Å². The highest BCUT2D eigenvalue weighted by atomic mass is 16.5. The van der Waals surface area contributed by atoms with Crippen LogP contribution in [0, 0.1) is 13.8 Å². The van der Waals surface area contributed by atoms with Crippen LogP contribution in [0.2, 0.25) is 0 Å². The summed E-state index contributed by atoms with van der Waals surface area (Å²) in [5.41, 5.74) is 6.61. The zero-order valence-electron chi connectivity index (χ0n) is 17.4. The van der Waals surface area contributed by atoms with E-state index in [1.165, 1.54) is 27.8 Å². The molecule has 1 heteroatoms. The van der Waals surface area contributed by atoms with E-state index < -0.39 is 0 Å². The fraction of sp³-hybridized carbons (Fsp3) is 0.462. The Hall–Kier alpha value is -1.86. The molecule has 2 atom stereocenters. The average Bonchev–Trinajstić information content (AvgIpc) is 3.09. The van der Waals surface area contributed by atoms with Gasteiger partial charge in [-0.2, -0.15) is 0 Å². The van der Waals surface area contributed by atoms with Gasteiger partial charge in [0.2, 0.25) is 0 Å². The first-order valence-corrected chi connectivity index (χ1v) is 10.6. The van der Waals surface area contributed by atoms with Crippen LogP contribution in [0.4, 0.5) is 0 Å². The Balaban J connectivity index is 1.91. The van der Waals surface area contributed by atoms with E-state index >= 15 is 0 Å². The lowest BCUT2D eigenvalue weighted by atomic mass is 9.82. The molecule has 1 fully saturated rings. The highest BCUT2D eigenvalue weighted by Gasteiger charge is 2.42. The van der Waals surface area contributed by atoms with E-state index in [2.05, 4.69) is 82.3 Å². The molecule has 1 heterocycles. The van der Waals surface area contributed by atoms with E-state index in [4.69, 9.17) is 4.74 Å². The number of hydrogen-bond acceptors (Lipinski definition) is 1. The second kappa shape index (κ2) is 8.89. The zero-order chi connectivity index (χ0) is 19.3. The molecule has 1 aliphatic heterocycles. The molecule has 3 rings (SSSR count). The van der Waals surface area contributed by atoms with Gasteiger partial charge in [0.25, 0.3) is 0 Å². The molecule has 2 aromatic carbocycles. The van der Waals surface area contributed by atoms with Crippen molar-refractivity contribution in [3.8, 4) is 0 Å². The lowest BCUT2D eigenvalue weighted by Gasteiger charge is -2.33. The monoisotopic (exact) mass is 362 g/mol. The summed E-state index contributed by atoms with van der Waals surface area (Å²) in [5, 5.41) is 0. The topological polar surface area (TPSA) is 9.23 Å². The third kappa shape index (κ3) is 4.71. The van der Waals surface area contributed by atoms with Crippen molar-refractivity contribution in [1.29, 1.82) is 0 Å². The Bertz CT molecular complexity index is 754. The normalized spacial score (nSPS) is 23.0. The molecule has 0 aromatic heterocycles. The van der Waals surface area contributed by atoms with Crippen LogP contribution in [0.25, 0.3) is 6.08 Å². The van der Waals surface area contributed by atoms with Crippen LogP contribution >= 0.6 is 0 Å². The largest absolute Gasteiger partial charge is 0.363 e. The highest BCUT2D eigenvalue weighted by molar-refractivity contribution is 5.56. The van der Waals surface area contributed by atoms with Crippen LogP contribution in [0.15, 0.2) is 54.1 Å². The summed E-state index contributed by atoms with van der Waals surface area (Å²) < 4.78 is 6.86. The molecule has 0 saturated carbocycles. The maximum atomic E-state index is 6.86. The summed E-state index contributed by atoms with van der Waals surface area (Å²) in [5.74, 6) is 0. The first-order chi connectivity index (χ1) is 13.1. The second-order valence-electron chi connectivity index (χ2n) is 8.13. The molecule has 0 spiro atoms. The van der Waals surface area contributed by atoms with E-state index in [-0.39, 0.29) is 11.7 Å². The number of ether oxygens (including phenoxy) is 1. The van der Waals surface area contributed by atoms with Crippen molar-refractivity contribution in [2.45, 2.75) is 77.9 Å². The molecule has 1 saturated heterocycles. The van der Waals surface area contributed by atoms with Crippen LogP contribution in [-0.2, 0) is 4.74 Å². The number of aryl methyl sites for hydroxylation is 2. The standard InChI is InChI=1S/C26H34O/c1-5-7-24(19-22-12-8-20(3)9-13-22)26(17-6-2)18-16-25(27-26)23-14-10-21(4)11-15-23/h8-15,19,25H,5-7,16-18H2,1-4H3/b24-19-. The van der Waals surface area contributed by atoms with Crippen LogP contribution in [0.5, 0.6) is 0 Å². The van der Waals surface area contributed by atoms with E-state index in [1.54, 1.807) is 0 Å². The predicted octanol–water partition coefficient (Wildman–Crippen LogP) is 7.58. The summed E-state index contributed by atoms with van der Waals surface area (Å²) in [6.07, 6.45) is 9.36. The Kier molecular flexibility index (Phi) is 6.55. The molecule has 144 valence electrons. The summed E-state index contributed by atoms with van der Waals surface area (Å²) in [4.78, 5) is 0. The van der Waals surface area contributed by atoms with E-state index in [0.717, 1.165) is 38.5 Å².